The van der Waals surface area contributed by atoms with Crippen molar-refractivity contribution in [1.29, 1.82) is 5.26 Å². The van der Waals surface area contributed by atoms with Gasteiger partial charge in [-0.3, -0.25) is 19.4 Å². The Balaban J connectivity index is 1.39. The third kappa shape index (κ3) is 5.36. The summed E-state index contributed by atoms with van der Waals surface area (Å²) in [7, 11) is 2.00. The van der Waals surface area contributed by atoms with Crippen LogP contribution in [0.5, 0.6) is 0 Å². The number of carbonyl (C=O) groups excluding carboxylic acids is 2. The summed E-state index contributed by atoms with van der Waals surface area (Å²) in [6.07, 6.45) is -0.737. The van der Waals surface area contributed by atoms with Crippen molar-refractivity contribution in [1.82, 2.24) is 10.4 Å². The predicted molar refractivity (Wildman–Crippen MR) is 138 cm³/mol. The van der Waals surface area contributed by atoms with Crippen LogP contribution >= 0.6 is 0 Å². The number of amides is 3. The number of alkyl halides is 3. The highest BCUT2D eigenvalue weighted by molar-refractivity contribution is 6.08. The molecular weight excluding hydrogens is 530 g/mol. The third-order valence-corrected chi connectivity index (χ3v) is 7.94. The van der Waals surface area contributed by atoms with Gasteiger partial charge in [-0.05, 0) is 69.1 Å². The second kappa shape index (κ2) is 11.1. The highest BCUT2D eigenvalue weighted by atomic mass is 19.4. The predicted octanol–water partition coefficient (Wildman–Crippen LogP) is 5.23. The van der Waals surface area contributed by atoms with Gasteiger partial charge in [0.05, 0.1) is 40.9 Å². The summed E-state index contributed by atoms with van der Waals surface area (Å²) >= 11 is 0. The Kier molecular flexibility index (Phi) is 7.70. The molecule has 2 heterocycles. The van der Waals surface area contributed by atoms with E-state index in [9.17, 15) is 22.8 Å². The van der Waals surface area contributed by atoms with Gasteiger partial charge in [-0.15, -0.1) is 0 Å². The van der Waals surface area contributed by atoms with E-state index in [-0.39, 0.29) is 23.0 Å². The SMILES string of the molecule is CN1CCC(ONC(=O)c2ccc(N3C(=O)N(c4ccc(C#N)c(C(F)(F)F)c4)C4CCCCC43)cc2F)CC1. The highest BCUT2D eigenvalue weighted by Gasteiger charge is 2.48. The Morgan fingerprint density at radius 2 is 1.60 bits per heavy atom. The van der Waals surface area contributed by atoms with Gasteiger partial charge < -0.3 is 4.90 Å². The van der Waals surface area contributed by atoms with Crippen molar-refractivity contribution in [2.75, 3.05) is 29.9 Å². The number of piperidine rings is 1. The zero-order chi connectivity index (χ0) is 28.6. The molecule has 8 nitrogen and oxygen atoms in total. The maximum atomic E-state index is 15.2. The molecule has 40 heavy (non-hydrogen) atoms. The number of urea groups is 1. The molecule has 3 aliphatic rings. The smallest absolute Gasteiger partial charge is 0.306 e. The van der Waals surface area contributed by atoms with Crippen LogP contribution in [0.25, 0.3) is 0 Å². The van der Waals surface area contributed by atoms with Crippen LogP contribution in [-0.2, 0) is 11.0 Å². The van der Waals surface area contributed by atoms with E-state index in [1.54, 1.807) is 6.07 Å². The lowest BCUT2D eigenvalue weighted by Gasteiger charge is -2.32. The van der Waals surface area contributed by atoms with E-state index in [4.69, 9.17) is 10.1 Å². The van der Waals surface area contributed by atoms with Crippen LogP contribution in [0.1, 0.15) is 60.0 Å². The van der Waals surface area contributed by atoms with Crippen molar-refractivity contribution in [3.05, 3.63) is 58.9 Å². The normalized spacial score (nSPS) is 22.2. The van der Waals surface area contributed by atoms with Crippen LogP contribution in [0.15, 0.2) is 36.4 Å². The molecular formula is C28H29F4N5O3. The summed E-state index contributed by atoms with van der Waals surface area (Å²) in [5.41, 5.74) is 0.660. The minimum absolute atomic E-state index is 0.0262. The molecule has 2 atom stereocenters. The summed E-state index contributed by atoms with van der Waals surface area (Å²) in [5, 5.41) is 9.15. The van der Waals surface area contributed by atoms with Crippen LogP contribution in [-0.4, -0.2) is 55.2 Å². The summed E-state index contributed by atoms with van der Waals surface area (Å²) in [6.45, 7) is 1.65. The molecule has 1 N–H and O–H groups in total. The number of nitrogens with one attached hydrogen (secondary N) is 1. The number of hydrogen-bond acceptors (Lipinski definition) is 5. The van der Waals surface area contributed by atoms with E-state index in [1.165, 1.54) is 28.0 Å². The number of halogens is 4. The first-order valence-corrected chi connectivity index (χ1v) is 13.3. The molecule has 2 aliphatic heterocycles. The van der Waals surface area contributed by atoms with Crippen molar-refractivity contribution in [2.45, 2.75) is 62.9 Å². The Hall–Kier alpha value is -3.69. The van der Waals surface area contributed by atoms with Gasteiger partial charge in [0, 0.05) is 24.5 Å². The highest BCUT2D eigenvalue weighted by Crippen LogP contribution is 2.42. The summed E-state index contributed by atoms with van der Waals surface area (Å²) < 4.78 is 56.1. The van der Waals surface area contributed by atoms with Crippen LogP contribution in [0.2, 0.25) is 0 Å². The number of likely N-dealkylation sites (tertiary alicyclic amines) is 1. The Morgan fingerprint density at radius 1 is 1.00 bits per heavy atom. The van der Waals surface area contributed by atoms with Gasteiger partial charge in [0.15, 0.2) is 0 Å². The number of fused-ring (bicyclic) bond motifs is 1. The molecule has 1 saturated carbocycles. The van der Waals surface area contributed by atoms with Gasteiger partial charge in [0.25, 0.3) is 5.91 Å². The van der Waals surface area contributed by atoms with E-state index in [0.29, 0.717) is 12.8 Å². The quantitative estimate of drug-likeness (QED) is 0.401. The second-order valence-electron chi connectivity index (χ2n) is 10.5. The van der Waals surface area contributed by atoms with Gasteiger partial charge in [-0.25, -0.2) is 14.7 Å². The van der Waals surface area contributed by atoms with E-state index in [1.807, 2.05) is 7.05 Å². The summed E-state index contributed by atoms with van der Waals surface area (Å²) in [6, 6.07) is 7.19. The fourth-order valence-corrected chi connectivity index (χ4v) is 5.84. The molecule has 3 amide bonds. The van der Waals surface area contributed by atoms with Crippen molar-refractivity contribution in [2.24, 2.45) is 0 Å². The lowest BCUT2D eigenvalue weighted by Crippen LogP contribution is -2.40. The maximum Gasteiger partial charge on any atom is 0.417 e. The van der Waals surface area contributed by atoms with Gasteiger partial charge in [0.2, 0.25) is 0 Å². The fraction of sp³-hybridized carbons (Fsp3) is 0.464. The number of carbonyl (C=O) groups is 2. The Bertz CT molecular complexity index is 1340. The van der Waals surface area contributed by atoms with Crippen molar-refractivity contribution in [3.8, 4) is 6.07 Å². The van der Waals surface area contributed by atoms with Gasteiger partial charge in [-0.2, -0.15) is 18.4 Å². The molecule has 2 aromatic rings. The number of hydrogen-bond donors (Lipinski definition) is 1. The number of hydroxylamine groups is 1. The average Bonchev–Trinajstić information content (AvgIpc) is 3.23. The number of nitriles is 1. The second-order valence-corrected chi connectivity index (χ2v) is 10.5. The Morgan fingerprint density at radius 3 is 2.17 bits per heavy atom. The third-order valence-electron chi connectivity index (χ3n) is 7.94. The van der Waals surface area contributed by atoms with Crippen LogP contribution in [0.3, 0.4) is 0 Å². The Labute approximate surface area is 229 Å². The summed E-state index contributed by atoms with van der Waals surface area (Å²) in [4.78, 5) is 36.6. The average molecular weight is 560 g/mol. The van der Waals surface area contributed by atoms with E-state index >= 15 is 4.39 Å². The monoisotopic (exact) mass is 559 g/mol. The zero-order valence-corrected chi connectivity index (χ0v) is 21.9. The fourth-order valence-electron chi connectivity index (χ4n) is 5.84. The number of nitrogens with zero attached hydrogens (tertiary/aromatic N) is 4. The van der Waals surface area contributed by atoms with Gasteiger partial charge in [-0.1, -0.05) is 12.8 Å². The summed E-state index contributed by atoms with van der Waals surface area (Å²) in [5.74, 6) is -1.59. The molecule has 0 aromatic heterocycles. The molecule has 2 unspecified atom stereocenters. The number of rotatable bonds is 5. The minimum atomic E-state index is -4.77. The largest absolute Gasteiger partial charge is 0.417 e. The van der Waals surface area contributed by atoms with Gasteiger partial charge >= 0.3 is 12.2 Å². The lowest BCUT2D eigenvalue weighted by molar-refractivity contribution is -0.137. The molecule has 0 bridgehead atoms. The first-order valence-electron chi connectivity index (χ1n) is 13.3. The topological polar surface area (TPSA) is 88.9 Å². The van der Waals surface area contributed by atoms with Crippen molar-refractivity contribution >= 4 is 23.3 Å². The van der Waals surface area contributed by atoms with Crippen molar-refractivity contribution in [3.63, 3.8) is 0 Å². The molecule has 0 radical (unpaired) electrons. The van der Waals surface area contributed by atoms with Crippen LogP contribution in [0, 0.1) is 17.1 Å². The van der Waals surface area contributed by atoms with Gasteiger partial charge in [0.1, 0.15) is 5.82 Å². The molecule has 2 aromatic carbocycles. The maximum absolute atomic E-state index is 15.2. The zero-order valence-electron chi connectivity index (χ0n) is 21.9. The van der Waals surface area contributed by atoms with Crippen LogP contribution < -0.4 is 15.3 Å². The van der Waals surface area contributed by atoms with E-state index < -0.39 is 47.1 Å². The first-order chi connectivity index (χ1) is 19.1. The minimum Gasteiger partial charge on any atom is -0.306 e. The number of benzene rings is 2. The first kappa shape index (κ1) is 27.9. The van der Waals surface area contributed by atoms with Crippen molar-refractivity contribution < 1.29 is 32.0 Å². The van der Waals surface area contributed by atoms with Crippen LogP contribution in [0.4, 0.5) is 33.7 Å². The standard InChI is InChI=1S/C28H29F4N5O3/c1-35-12-10-20(11-13-35)40-34-26(38)21-9-8-19(15-23(21)29)37-25-5-3-2-4-24(25)36(27(37)39)18-7-6-17(16-33)22(14-18)28(30,31)32/h6-9,14-15,20,24-25H,2-5,10-13H2,1H3,(H,34,38). The molecule has 5 rings (SSSR count). The molecule has 12 heteroatoms. The molecule has 1 aliphatic carbocycles. The van der Waals surface area contributed by atoms with E-state index in [0.717, 1.165) is 57.0 Å². The number of anilines is 2. The molecule has 3 fully saturated rings. The lowest BCUT2D eigenvalue weighted by atomic mass is 9.89. The molecule has 2 saturated heterocycles. The van der Waals surface area contributed by atoms with E-state index in [2.05, 4.69) is 10.4 Å². The molecule has 0 spiro atoms. The molecule has 212 valence electrons.